The van der Waals surface area contributed by atoms with Crippen molar-refractivity contribution in [1.82, 2.24) is 14.6 Å². The van der Waals surface area contributed by atoms with Gasteiger partial charge in [-0.05, 0) is 53.5 Å². The predicted octanol–water partition coefficient (Wildman–Crippen LogP) is 6.50. The smallest absolute Gasteiger partial charge is 0.259 e. The summed E-state index contributed by atoms with van der Waals surface area (Å²) in [6, 6.07) is 33.5. The third-order valence-corrected chi connectivity index (χ3v) is 6.74. The molecule has 2 aromatic heterocycles. The van der Waals surface area contributed by atoms with Crippen molar-refractivity contribution >= 4 is 48.0 Å². The molecule has 0 aliphatic carbocycles. The van der Waals surface area contributed by atoms with Crippen molar-refractivity contribution in [2.24, 2.45) is 0 Å². The van der Waals surface area contributed by atoms with Gasteiger partial charge >= 0.3 is 0 Å². The first kappa shape index (κ1) is 26.2. The van der Waals surface area contributed by atoms with Crippen molar-refractivity contribution in [3.05, 3.63) is 132 Å². The van der Waals surface area contributed by atoms with Crippen LogP contribution in [0.15, 0.2) is 115 Å². The normalized spacial score (nSPS) is 10.9. The molecule has 2 radical (unpaired) electrons. The van der Waals surface area contributed by atoms with Crippen LogP contribution in [0.2, 0.25) is 5.02 Å². The fourth-order valence-electron chi connectivity index (χ4n) is 4.42. The third kappa shape index (κ3) is 5.78. The summed E-state index contributed by atoms with van der Waals surface area (Å²) in [5.74, 6) is 1.56. The Labute approximate surface area is 243 Å². The van der Waals surface area contributed by atoms with E-state index in [0.717, 1.165) is 11.1 Å². The highest BCUT2D eigenvalue weighted by Gasteiger charge is 2.15. The highest BCUT2D eigenvalue weighted by molar-refractivity contribution is 6.36. The summed E-state index contributed by atoms with van der Waals surface area (Å²) in [7, 11) is 6.15. The second kappa shape index (κ2) is 11.6. The van der Waals surface area contributed by atoms with E-state index in [2.05, 4.69) is 20.7 Å². The minimum absolute atomic E-state index is 0.270. The van der Waals surface area contributed by atoms with Gasteiger partial charge in [0.2, 0.25) is 0 Å². The summed E-state index contributed by atoms with van der Waals surface area (Å²) in [5.41, 5.74) is 4.49. The molecule has 2 N–H and O–H groups in total. The molecule has 0 aliphatic heterocycles. The molecule has 0 saturated carbocycles. The molecule has 2 heterocycles. The van der Waals surface area contributed by atoms with Gasteiger partial charge in [-0.3, -0.25) is 4.79 Å². The maximum Gasteiger partial charge on any atom is 0.259 e. The number of halogens is 1. The number of carbonyl (C=O) groups excluding carboxylic acids is 1. The lowest BCUT2D eigenvalue weighted by atomic mass is 10.0. The van der Waals surface area contributed by atoms with Crippen LogP contribution in [-0.2, 0) is 6.54 Å². The molecule has 0 bridgehead atoms. The first-order valence-corrected chi connectivity index (χ1v) is 13.3. The Balaban J connectivity index is 1.21. The summed E-state index contributed by atoms with van der Waals surface area (Å²) in [5, 5.41) is 11.4. The molecule has 4 aromatic carbocycles. The van der Waals surface area contributed by atoms with E-state index < -0.39 is 0 Å². The van der Waals surface area contributed by atoms with Crippen molar-refractivity contribution in [1.29, 1.82) is 0 Å². The Morgan fingerprint density at radius 3 is 2.54 bits per heavy atom. The van der Waals surface area contributed by atoms with Gasteiger partial charge < -0.3 is 15.4 Å². The topological polar surface area (TPSA) is 80.5 Å². The zero-order valence-electron chi connectivity index (χ0n) is 21.8. The number of amides is 1. The highest BCUT2D eigenvalue weighted by Crippen LogP contribution is 2.29. The molecule has 0 saturated heterocycles. The first-order valence-electron chi connectivity index (χ1n) is 12.9. The van der Waals surface area contributed by atoms with Gasteiger partial charge in [-0.25, -0.2) is 4.98 Å². The Kier molecular flexibility index (Phi) is 7.39. The van der Waals surface area contributed by atoms with Crippen LogP contribution < -0.4 is 20.8 Å². The standard InChI is InChI=1S/C32H23BClN5O2/c33-26-20-36-39-30(18-28(38-31(26)39)24-13-4-6-15-27(24)34)35-19-21-9-8-10-22(17-21)37-32(40)25-14-5-7-16-29(25)41-23-11-2-1-3-12-23/h1-18,20,35H,19H2,(H,37,40). The van der Waals surface area contributed by atoms with Crippen molar-refractivity contribution in [3.63, 3.8) is 0 Å². The summed E-state index contributed by atoms with van der Waals surface area (Å²) >= 11 is 6.45. The predicted molar refractivity (Wildman–Crippen MR) is 164 cm³/mol. The van der Waals surface area contributed by atoms with Crippen LogP contribution in [0.4, 0.5) is 11.5 Å². The Hall–Kier alpha value is -5.08. The van der Waals surface area contributed by atoms with Crippen molar-refractivity contribution in [2.45, 2.75) is 6.54 Å². The van der Waals surface area contributed by atoms with E-state index in [1.165, 1.54) is 0 Å². The van der Waals surface area contributed by atoms with Crippen LogP contribution in [0.3, 0.4) is 0 Å². The van der Waals surface area contributed by atoms with Gasteiger partial charge in [0, 0.05) is 35.1 Å². The minimum Gasteiger partial charge on any atom is -0.457 e. The number of hydrogen-bond donors (Lipinski definition) is 2. The quantitative estimate of drug-likeness (QED) is 0.210. The fraction of sp³-hybridized carbons (Fsp3) is 0.0312. The molecule has 6 aromatic rings. The van der Waals surface area contributed by atoms with Gasteiger partial charge in [-0.15, -0.1) is 0 Å². The van der Waals surface area contributed by atoms with Crippen LogP contribution in [-0.4, -0.2) is 28.4 Å². The summed E-state index contributed by atoms with van der Waals surface area (Å²) < 4.78 is 7.62. The molecule has 198 valence electrons. The molecule has 6 rings (SSSR count). The number of para-hydroxylation sites is 2. The molecule has 1 amide bonds. The molecule has 0 aliphatic rings. The van der Waals surface area contributed by atoms with Gasteiger partial charge in [0.25, 0.3) is 5.91 Å². The monoisotopic (exact) mass is 555 g/mol. The molecule has 7 nitrogen and oxygen atoms in total. The molecule has 0 spiro atoms. The van der Waals surface area contributed by atoms with Gasteiger partial charge in [0.15, 0.2) is 5.65 Å². The van der Waals surface area contributed by atoms with Gasteiger partial charge in [-0.1, -0.05) is 72.3 Å². The molecule has 0 fully saturated rings. The number of hydrogen-bond acceptors (Lipinski definition) is 5. The number of rotatable bonds is 8. The van der Waals surface area contributed by atoms with Gasteiger partial charge in [0.05, 0.1) is 11.3 Å². The van der Waals surface area contributed by atoms with Crippen LogP contribution in [0, 0.1) is 0 Å². The maximum atomic E-state index is 13.2. The molecule has 9 heteroatoms. The fourth-order valence-corrected chi connectivity index (χ4v) is 4.65. The third-order valence-electron chi connectivity index (χ3n) is 6.41. The van der Waals surface area contributed by atoms with E-state index >= 15 is 0 Å². The lowest BCUT2D eigenvalue weighted by Gasteiger charge is -2.13. The SMILES string of the molecule is [B]c1cnn2c(NCc3cccc(NC(=O)c4ccccc4Oc4ccccc4)c3)cc(-c3ccccc3Cl)nc12. The molecule has 0 atom stereocenters. The summed E-state index contributed by atoms with van der Waals surface area (Å²) in [4.78, 5) is 17.9. The van der Waals surface area contributed by atoms with Crippen LogP contribution >= 0.6 is 11.6 Å². The molecular formula is C32H23BClN5O2. The molecule has 41 heavy (non-hydrogen) atoms. The largest absolute Gasteiger partial charge is 0.457 e. The highest BCUT2D eigenvalue weighted by atomic mass is 35.5. The lowest BCUT2D eigenvalue weighted by molar-refractivity contribution is 0.102. The first-order chi connectivity index (χ1) is 20.0. The number of benzene rings is 4. The van der Waals surface area contributed by atoms with Gasteiger partial charge in [0.1, 0.15) is 25.2 Å². The average molecular weight is 556 g/mol. The summed E-state index contributed by atoms with van der Waals surface area (Å²) in [6.07, 6.45) is 1.57. The number of ether oxygens (including phenoxy) is 1. The number of nitrogens with one attached hydrogen (secondary N) is 2. The van der Waals surface area contributed by atoms with E-state index in [1.54, 1.807) is 22.8 Å². The molecule has 0 unspecified atom stereocenters. The average Bonchev–Trinajstić information content (AvgIpc) is 3.37. The second-order valence-corrected chi connectivity index (χ2v) is 9.67. The summed E-state index contributed by atoms with van der Waals surface area (Å²) in [6.45, 7) is 0.457. The van der Waals surface area contributed by atoms with Crippen LogP contribution in [0.5, 0.6) is 11.5 Å². The van der Waals surface area contributed by atoms with Gasteiger partial charge in [-0.2, -0.15) is 9.61 Å². The van der Waals surface area contributed by atoms with E-state index in [1.807, 2.05) is 97.1 Å². The maximum absolute atomic E-state index is 13.2. The number of fused-ring (bicyclic) bond motifs is 1. The van der Waals surface area contributed by atoms with E-state index in [-0.39, 0.29) is 5.91 Å². The molecular weight excluding hydrogens is 533 g/mol. The van der Waals surface area contributed by atoms with Crippen LogP contribution in [0.1, 0.15) is 15.9 Å². The Morgan fingerprint density at radius 1 is 0.902 bits per heavy atom. The van der Waals surface area contributed by atoms with Crippen molar-refractivity contribution in [3.8, 4) is 22.8 Å². The van der Waals surface area contributed by atoms with Crippen molar-refractivity contribution < 1.29 is 9.53 Å². The van der Waals surface area contributed by atoms with E-state index in [4.69, 9.17) is 24.2 Å². The zero-order valence-corrected chi connectivity index (χ0v) is 22.5. The van der Waals surface area contributed by atoms with E-state index in [9.17, 15) is 4.79 Å². The number of nitrogens with zero attached hydrogens (tertiary/aromatic N) is 3. The van der Waals surface area contributed by atoms with Crippen LogP contribution in [0.25, 0.3) is 16.9 Å². The van der Waals surface area contributed by atoms with E-state index in [0.29, 0.717) is 56.9 Å². The number of aromatic nitrogens is 3. The Bertz CT molecular complexity index is 1860. The zero-order chi connectivity index (χ0) is 28.2. The second-order valence-electron chi connectivity index (χ2n) is 9.26. The van der Waals surface area contributed by atoms with Crippen molar-refractivity contribution in [2.75, 3.05) is 10.6 Å². The minimum atomic E-state index is -0.270. The number of anilines is 2. The number of carbonyl (C=O) groups is 1. The lowest BCUT2D eigenvalue weighted by Crippen LogP contribution is -2.13. The Morgan fingerprint density at radius 2 is 1.68 bits per heavy atom.